The molecule has 2 aromatic carbocycles. The Hall–Kier alpha value is -2.56. The van der Waals surface area contributed by atoms with Crippen LogP contribution < -0.4 is 4.74 Å². The molecule has 1 saturated heterocycles. The third kappa shape index (κ3) is 4.75. The molecule has 0 saturated carbocycles. The Labute approximate surface area is 153 Å². The number of fused-ring (bicyclic) bond motifs is 1. The number of carbonyl (C=O) groups excluding carboxylic acids is 2. The van der Waals surface area contributed by atoms with Crippen LogP contribution in [0, 0.1) is 11.8 Å². The van der Waals surface area contributed by atoms with Crippen LogP contribution in [0.5, 0.6) is 5.75 Å². The molecule has 5 nitrogen and oxygen atoms in total. The van der Waals surface area contributed by atoms with Crippen LogP contribution in [0.3, 0.4) is 0 Å². The molecule has 0 N–H and O–H groups in total. The highest BCUT2D eigenvalue weighted by molar-refractivity contribution is 5.84. The smallest absolute Gasteiger partial charge is 0.344 e. The summed E-state index contributed by atoms with van der Waals surface area (Å²) >= 11 is 0. The maximum Gasteiger partial charge on any atom is 0.344 e. The highest BCUT2D eigenvalue weighted by atomic mass is 16.6. The number of nitrogens with zero attached hydrogens (tertiary/aromatic N) is 1. The summed E-state index contributed by atoms with van der Waals surface area (Å²) in [4.78, 5) is 25.9. The summed E-state index contributed by atoms with van der Waals surface area (Å²) in [6, 6.07) is 13.6. The van der Waals surface area contributed by atoms with E-state index in [0.29, 0.717) is 17.6 Å². The summed E-state index contributed by atoms with van der Waals surface area (Å²) in [6.45, 7) is 5.30. The normalized spacial score (nSPS) is 20.0. The van der Waals surface area contributed by atoms with Crippen LogP contribution in [0.2, 0.25) is 0 Å². The van der Waals surface area contributed by atoms with E-state index < -0.39 is 5.97 Å². The van der Waals surface area contributed by atoms with Crippen molar-refractivity contribution in [3.8, 4) is 5.75 Å². The number of rotatable bonds is 5. The molecular formula is C21H25NO4. The van der Waals surface area contributed by atoms with E-state index in [2.05, 4.69) is 13.8 Å². The summed E-state index contributed by atoms with van der Waals surface area (Å²) in [5.74, 6) is 0.891. The average molecular weight is 355 g/mol. The van der Waals surface area contributed by atoms with Crippen molar-refractivity contribution in [3.05, 3.63) is 42.5 Å². The molecule has 0 aromatic heterocycles. The maximum atomic E-state index is 12.2. The number of hydrogen-bond donors (Lipinski definition) is 0. The predicted molar refractivity (Wildman–Crippen MR) is 99.9 cm³/mol. The molecule has 5 heteroatoms. The highest BCUT2D eigenvalue weighted by Crippen LogP contribution is 2.21. The first-order valence-electron chi connectivity index (χ1n) is 9.06. The second kappa shape index (κ2) is 8.21. The first-order valence-corrected chi connectivity index (χ1v) is 9.06. The van der Waals surface area contributed by atoms with Gasteiger partial charge in [-0.1, -0.05) is 44.2 Å². The SMILES string of the molecule is C[C@@H]1C[C@H](C)CN(C(=O)COC(=O)COc2ccc3ccccc3c2)C1. The number of ether oxygens (including phenoxy) is 2. The molecule has 2 aromatic rings. The fourth-order valence-electron chi connectivity index (χ4n) is 3.54. The molecule has 0 spiro atoms. The van der Waals surface area contributed by atoms with E-state index in [0.717, 1.165) is 30.3 Å². The van der Waals surface area contributed by atoms with Crippen molar-refractivity contribution in [2.75, 3.05) is 26.3 Å². The molecule has 1 amide bonds. The van der Waals surface area contributed by atoms with Gasteiger partial charge < -0.3 is 14.4 Å². The van der Waals surface area contributed by atoms with Gasteiger partial charge in [-0.05, 0) is 41.2 Å². The van der Waals surface area contributed by atoms with Crippen molar-refractivity contribution in [2.24, 2.45) is 11.8 Å². The topological polar surface area (TPSA) is 55.8 Å². The van der Waals surface area contributed by atoms with Gasteiger partial charge in [-0.25, -0.2) is 4.79 Å². The lowest BCUT2D eigenvalue weighted by Crippen LogP contribution is -2.44. The van der Waals surface area contributed by atoms with E-state index in [1.165, 1.54) is 0 Å². The number of piperidine rings is 1. The Bertz CT molecular complexity index is 778. The van der Waals surface area contributed by atoms with Gasteiger partial charge in [0.25, 0.3) is 5.91 Å². The van der Waals surface area contributed by atoms with Gasteiger partial charge in [0.15, 0.2) is 13.2 Å². The lowest BCUT2D eigenvalue weighted by Gasteiger charge is -2.34. The van der Waals surface area contributed by atoms with Crippen molar-refractivity contribution in [1.29, 1.82) is 0 Å². The van der Waals surface area contributed by atoms with Crippen LogP contribution in [0.1, 0.15) is 20.3 Å². The van der Waals surface area contributed by atoms with Crippen molar-refractivity contribution < 1.29 is 19.1 Å². The van der Waals surface area contributed by atoms with Gasteiger partial charge in [0.1, 0.15) is 5.75 Å². The van der Waals surface area contributed by atoms with Crippen LogP contribution in [-0.4, -0.2) is 43.1 Å². The Kier molecular flexibility index (Phi) is 5.76. The van der Waals surface area contributed by atoms with E-state index in [-0.39, 0.29) is 19.1 Å². The molecule has 0 unspecified atom stereocenters. The number of carbonyl (C=O) groups is 2. The van der Waals surface area contributed by atoms with Gasteiger partial charge >= 0.3 is 5.97 Å². The molecule has 1 heterocycles. The van der Waals surface area contributed by atoms with Crippen LogP contribution in [0.25, 0.3) is 10.8 Å². The second-order valence-corrected chi connectivity index (χ2v) is 7.20. The first-order chi connectivity index (χ1) is 12.5. The van der Waals surface area contributed by atoms with Gasteiger partial charge in [0.05, 0.1) is 0 Å². The second-order valence-electron chi connectivity index (χ2n) is 7.20. The average Bonchev–Trinajstić information content (AvgIpc) is 2.63. The van der Waals surface area contributed by atoms with Gasteiger partial charge in [-0.3, -0.25) is 4.79 Å². The molecule has 2 atom stereocenters. The van der Waals surface area contributed by atoms with Crippen LogP contribution in [-0.2, 0) is 14.3 Å². The molecule has 3 rings (SSSR count). The Morgan fingerprint density at radius 2 is 1.69 bits per heavy atom. The van der Waals surface area contributed by atoms with Gasteiger partial charge in [0, 0.05) is 13.1 Å². The quantitative estimate of drug-likeness (QED) is 0.773. The van der Waals surface area contributed by atoms with Gasteiger partial charge in [-0.2, -0.15) is 0 Å². The minimum atomic E-state index is -0.537. The van der Waals surface area contributed by atoms with Crippen molar-refractivity contribution in [1.82, 2.24) is 4.90 Å². The number of benzene rings is 2. The number of amides is 1. The van der Waals surface area contributed by atoms with Crippen molar-refractivity contribution in [2.45, 2.75) is 20.3 Å². The summed E-state index contributed by atoms with van der Waals surface area (Å²) in [5, 5.41) is 2.15. The summed E-state index contributed by atoms with van der Waals surface area (Å²) in [6.07, 6.45) is 1.13. The molecule has 138 valence electrons. The van der Waals surface area contributed by atoms with E-state index in [1.54, 1.807) is 4.90 Å². The van der Waals surface area contributed by atoms with Gasteiger partial charge in [0.2, 0.25) is 0 Å². The lowest BCUT2D eigenvalue weighted by molar-refractivity contribution is -0.154. The molecule has 1 fully saturated rings. The van der Waals surface area contributed by atoms with Crippen LogP contribution >= 0.6 is 0 Å². The Morgan fingerprint density at radius 3 is 2.42 bits per heavy atom. The number of hydrogen-bond acceptors (Lipinski definition) is 4. The van der Waals surface area contributed by atoms with Crippen molar-refractivity contribution in [3.63, 3.8) is 0 Å². The molecule has 26 heavy (non-hydrogen) atoms. The fraction of sp³-hybridized carbons (Fsp3) is 0.429. The monoisotopic (exact) mass is 355 g/mol. The standard InChI is InChI=1S/C21H25NO4/c1-15-9-16(2)12-22(11-15)20(23)13-26-21(24)14-25-19-8-7-17-5-3-4-6-18(17)10-19/h3-8,10,15-16H,9,11-14H2,1-2H3/t15-,16+. The maximum absolute atomic E-state index is 12.2. The zero-order valence-corrected chi connectivity index (χ0v) is 15.3. The summed E-state index contributed by atoms with van der Waals surface area (Å²) in [7, 11) is 0. The molecule has 1 aliphatic heterocycles. The molecule has 0 aliphatic carbocycles. The third-order valence-corrected chi connectivity index (χ3v) is 4.66. The van der Waals surface area contributed by atoms with Gasteiger partial charge in [-0.15, -0.1) is 0 Å². The minimum Gasteiger partial charge on any atom is -0.482 e. The predicted octanol–water partition coefficient (Wildman–Crippen LogP) is 3.27. The summed E-state index contributed by atoms with van der Waals surface area (Å²) in [5.41, 5.74) is 0. The van der Waals surface area contributed by atoms with E-state index in [4.69, 9.17) is 9.47 Å². The van der Waals surface area contributed by atoms with E-state index in [1.807, 2.05) is 42.5 Å². The molecule has 0 bridgehead atoms. The van der Waals surface area contributed by atoms with Crippen molar-refractivity contribution >= 4 is 22.6 Å². The number of esters is 1. The lowest BCUT2D eigenvalue weighted by atomic mass is 9.92. The molecule has 0 radical (unpaired) electrons. The van der Waals surface area contributed by atoms with E-state index >= 15 is 0 Å². The molecular weight excluding hydrogens is 330 g/mol. The number of likely N-dealkylation sites (tertiary alicyclic amines) is 1. The first kappa shape index (κ1) is 18.2. The largest absolute Gasteiger partial charge is 0.482 e. The fourth-order valence-corrected chi connectivity index (χ4v) is 3.54. The Morgan fingerprint density at radius 1 is 1.00 bits per heavy atom. The highest BCUT2D eigenvalue weighted by Gasteiger charge is 2.25. The van der Waals surface area contributed by atoms with E-state index in [9.17, 15) is 9.59 Å². The zero-order chi connectivity index (χ0) is 18.5. The third-order valence-electron chi connectivity index (χ3n) is 4.66. The van der Waals surface area contributed by atoms with Crippen LogP contribution in [0.15, 0.2) is 42.5 Å². The minimum absolute atomic E-state index is 0.137. The summed E-state index contributed by atoms with van der Waals surface area (Å²) < 4.78 is 10.6. The molecule has 1 aliphatic rings. The Balaban J connectivity index is 1.45. The van der Waals surface area contributed by atoms with Crippen LogP contribution in [0.4, 0.5) is 0 Å². The zero-order valence-electron chi connectivity index (χ0n) is 15.3.